The zero-order chi connectivity index (χ0) is 31.8. The highest BCUT2D eigenvalue weighted by molar-refractivity contribution is 8.00. The molecule has 0 aliphatic carbocycles. The maximum absolute atomic E-state index is 13.4. The molecule has 1 aliphatic heterocycles. The Bertz CT molecular complexity index is 1820. The molecule has 226 valence electrons. The molecule has 0 unspecified atom stereocenters. The van der Waals surface area contributed by atoms with Gasteiger partial charge in [-0.2, -0.15) is 10.1 Å². The normalized spacial score (nSPS) is 12.8. The molecular weight excluding hydrogens is 633 g/mol. The summed E-state index contributed by atoms with van der Waals surface area (Å²) in [6.07, 6.45) is 1.44. The second kappa shape index (κ2) is 14.7. The van der Waals surface area contributed by atoms with E-state index in [1.807, 2.05) is 6.07 Å². The fourth-order valence-electron chi connectivity index (χ4n) is 4.21. The van der Waals surface area contributed by atoms with Crippen LogP contribution in [0.25, 0.3) is 6.08 Å². The van der Waals surface area contributed by atoms with Crippen LogP contribution < -0.4 is 21.0 Å². The summed E-state index contributed by atoms with van der Waals surface area (Å²) in [6, 6.07) is 29.3. The molecule has 0 saturated heterocycles. The molecular formula is C33H25Cl2N5O4S. The van der Waals surface area contributed by atoms with E-state index in [4.69, 9.17) is 23.2 Å². The van der Waals surface area contributed by atoms with Crippen LogP contribution in [-0.2, 0) is 14.4 Å². The van der Waals surface area contributed by atoms with Gasteiger partial charge in [0.1, 0.15) is 11.5 Å². The Balaban J connectivity index is 1.24. The van der Waals surface area contributed by atoms with E-state index in [-0.39, 0.29) is 40.5 Å². The van der Waals surface area contributed by atoms with Crippen LogP contribution in [0.5, 0.6) is 0 Å². The number of halogens is 2. The average molecular weight is 659 g/mol. The molecule has 4 aromatic rings. The number of amides is 4. The topological polar surface area (TPSA) is 120 Å². The molecule has 0 spiro atoms. The van der Waals surface area contributed by atoms with Crippen molar-refractivity contribution < 1.29 is 19.2 Å². The minimum Gasteiger partial charge on any atom is -0.321 e. The molecule has 1 heterocycles. The van der Waals surface area contributed by atoms with E-state index in [0.717, 1.165) is 0 Å². The van der Waals surface area contributed by atoms with Crippen LogP contribution in [0.3, 0.4) is 0 Å². The summed E-state index contributed by atoms with van der Waals surface area (Å²) in [5.41, 5.74) is 1.81. The molecule has 0 radical (unpaired) electrons. The number of carbonyl (C=O) groups is 4. The van der Waals surface area contributed by atoms with Gasteiger partial charge in [-0.3, -0.25) is 19.2 Å². The molecule has 4 amide bonds. The number of anilines is 2. The minimum atomic E-state index is -0.595. The number of nitrogens with one attached hydrogen (secondary N) is 3. The lowest BCUT2D eigenvalue weighted by Crippen LogP contribution is -2.31. The van der Waals surface area contributed by atoms with Crippen LogP contribution in [0.2, 0.25) is 10.0 Å². The SMILES string of the molecule is O=C(CSc1cccc(NC(=O)/C(=C\c2cccc(Cl)c2Cl)NC(=O)c2ccccc2)c1)NC1=NN(c2ccccc2)C(=O)C1. The monoisotopic (exact) mass is 657 g/mol. The van der Waals surface area contributed by atoms with Gasteiger partial charge in [0.15, 0.2) is 0 Å². The molecule has 12 heteroatoms. The average Bonchev–Trinajstić information content (AvgIpc) is 3.42. The first-order valence-corrected chi connectivity index (χ1v) is 15.3. The number of carbonyl (C=O) groups excluding carboxylic acids is 4. The summed E-state index contributed by atoms with van der Waals surface area (Å²) in [4.78, 5) is 52.1. The van der Waals surface area contributed by atoms with E-state index < -0.39 is 11.8 Å². The number of para-hydroxylation sites is 1. The van der Waals surface area contributed by atoms with Crippen LogP contribution >= 0.6 is 35.0 Å². The summed E-state index contributed by atoms with van der Waals surface area (Å²) in [7, 11) is 0. The van der Waals surface area contributed by atoms with Gasteiger partial charge < -0.3 is 16.0 Å². The highest BCUT2D eigenvalue weighted by Crippen LogP contribution is 2.28. The second-order valence-corrected chi connectivity index (χ2v) is 11.4. The van der Waals surface area contributed by atoms with Crippen molar-refractivity contribution in [1.29, 1.82) is 0 Å². The van der Waals surface area contributed by atoms with Gasteiger partial charge >= 0.3 is 0 Å². The quantitative estimate of drug-likeness (QED) is 0.143. The van der Waals surface area contributed by atoms with Crippen molar-refractivity contribution in [3.8, 4) is 0 Å². The van der Waals surface area contributed by atoms with Crippen molar-refractivity contribution in [3.63, 3.8) is 0 Å². The number of rotatable bonds is 9. The number of thioether (sulfide) groups is 1. The summed E-state index contributed by atoms with van der Waals surface area (Å²) < 4.78 is 0. The van der Waals surface area contributed by atoms with Gasteiger partial charge in [-0.05, 0) is 60.2 Å². The molecule has 0 atom stereocenters. The number of hydrogen-bond acceptors (Lipinski definition) is 6. The van der Waals surface area contributed by atoms with Gasteiger partial charge in [-0.15, -0.1) is 11.8 Å². The fourth-order valence-corrected chi connectivity index (χ4v) is 5.33. The third kappa shape index (κ3) is 8.39. The molecule has 5 rings (SSSR count). The number of hydrazone groups is 1. The Morgan fingerprint density at radius 1 is 0.867 bits per heavy atom. The molecule has 0 saturated carbocycles. The van der Waals surface area contributed by atoms with Gasteiger partial charge in [0.2, 0.25) is 5.91 Å². The lowest BCUT2D eigenvalue weighted by atomic mass is 10.1. The number of hydrogen-bond donors (Lipinski definition) is 3. The summed E-state index contributed by atoms with van der Waals surface area (Å²) in [5, 5.41) is 14.2. The molecule has 45 heavy (non-hydrogen) atoms. The lowest BCUT2D eigenvalue weighted by molar-refractivity contribution is -0.117. The van der Waals surface area contributed by atoms with Gasteiger partial charge in [0, 0.05) is 16.1 Å². The highest BCUT2D eigenvalue weighted by Gasteiger charge is 2.26. The zero-order valence-electron chi connectivity index (χ0n) is 23.5. The van der Waals surface area contributed by atoms with Crippen LogP contribution in [0.1, 0.15) is 22.3 Å². The molecule has 3 N–H and O–H groups in total. The number of amidine groups is 1. The maximum atomic E-state index is 13.4. The number of nitrogens with zero attached hydrogens (tertiary/aromatic N) is 2. The van der Waals surface area contributed by atoms with Crippen LogP contribution in [-0.4, -0.2) is 35.2 Å². The van der Waals surface area contributed by atoms with Crippen molar-refractivity contribution >= 4 is 81.9 Å². The maximum Gasteiger partial charge on any atom is 0.272 e. The standard InChI is InChI=1S/C33H25Cl2N5O4S/c34-26-16-7-11-22(31(26)35)17-27(37-32(43)21-9-3-1-4-10-21)33(44)36-23-12-8-15-25(18-23)45-20-29(41)38-28-19-30(42)40(39-28)24-13-5-2-6-14-24/h1-18H,19-20H2,(H,36,44)(H,37,43)(H,38,39,41)/b27-17+. The summed E-state index contributed by atoms with van der Waals surface area (Å²) >= 11 is 13.7. The smallest absolute Gasteiger partial charge is 0.272 e. The van der Waals surface area contributed by atoms with E-state index in [0.29, 0.717) is 32.4 Å². The first kappa shape index (κ1) is 31.5. The fraction of sp³-hybridized carbons (Fsp3) is 0.0606. The van der Waals surface area contributed by atoms with Crippen molar-refractivity contribution in [2.24, 2.45) is 5.10 Å². The highest BCUT2D eigenvalue weighted by atomic mass is 35.5. The Hall–Kier alpha value is -4.90. The largest absolute Gasteiger partial charge is 0.321 e. The van der Waals surface area contributed by atoms with Crippen LogP contribution in [0.15, 0.2) is 119 Å². The lowest BCUT2D eigenvalue weighted by Gasteiger charge is -2.13. The Labute approximate surface area is 273 Å². The predicted molar refractivity (Wildman–Crippen MR) is 178 cm³/mol. The minimum absolute atomic E-state index is 0.0100. The molecule has 9 nitrogen and oxygen atoms in total. The van der Waals surface area contributed by atoms with Crippen molar-refractivity contribution in [3.05, 3.63) is 130 Å². The molecule has 4 aromatic carbocycles. The van der Waals surface area contributed by atoms with Gasteiger partial charge in [-0.1, -0.05) is 77.8 Å². The van der Waals surface area contributed by atoms with Gasteiger partial charge in [-0.25, -0.2) is 0 Å². The van der Waals surface area contributed by atoms with Crippen molar-refractivity contribution in [2.75, 3.05) is 16.1 Å². The number of benzene rings is 4. The first-order valence-electron chi connectivity index (χ1n) is 13.6. The Kier molecular flexibility index (Phi) is 10.3. The molecule has 0 aromatic heterocycles. The Morgan fingerprint density at radius 2 is 1.58 bits per heavy atom. The van der Waals surface area contributed by atoms with E-state index >= 15 is 0 Å². The van der Waals surface area contributed by atoms with Crippen LogP contribution in [0, 0.1) is 0 Å². The van der Waals surface area contributed by atoms with E-state index in [2.05, 4.69) is 21.1 Å². The third-order valence-electron chi connectivity index (χ3n) is 6.33. The first-order chi connectivity index (χ1) is 21.8. The molecule has 0 fully saturated rings. The van der Waals surface area contributed by atoms with Gasteiger partial charge in [0.05, 0.1) is 27.9 Å². The summed E-state index contributed by atoms with van der Waals surface area (Å²) in [5.74, 6) is -1.33. The van der Waals surface area contributed by atoms with Crippen LogP contribution in [0.4, 0.5) is 11.4 Å². The second-order valence-electron chi connectivity index (χ2n) is 9.60. The summed E-state index contributed by atoms with van der Waals surface area (Å²) in [6.45, 7) is 0. The van der Waals surface area contributed by atoms with E-state index in [9.17, 15) is 19.2 Å². The third-order valence-corrected chi connectivity index (χ3v) is 8.16. The zero-order valence-corrected chi connectivity index (χ0v) is 25.8. The van der Waals surface area contributed by atoms with Gasteiger partial charge in [0.25, 0.3) is 17.7 Å². The molecule has 0 bridgehead atoms. The molecule has 1 aliphatic rings. The van der Waals surface area contributed by atoms with Crippen molar-refractivity contribution in [1.82, 2.24) is 10.6 Å². The van der Waals surface area contributed by atoms with Crippen molar-refractivity contribution in [2.45, 2.75) is 11.3 Å². The predicted octanol–water partition coefficient (Wildman–Crippen LogP) is 6.36. The van der Waals surface area contributed by atoms with E-state index in [1.165, 1.54) is 22.8 Å². The Morgan fingerprint density at radius 3 is 2.33 bits per heavy atom. The van der Waals surface area contributed by atoms with E-state index in [1.54, 1.807) is 97.1 Å².